The number of urea groups is 1. The number of anilines is 1. The molecule has 0 aliphatic carbocycles. The Morgan fingerprint density at radius 1 is 1.50 bits per heavy atom. The summed E-state index contributed by atoms with van der Waals surface area (Å²) in [6.07, 6.45) is 1.75. The minimum atomic E-state index is -0.352. The van der Waals surface area contributed by atoms with Gasteiger partial charge in [0.15, 0.2) is 0 Å². The first kappa shape index (κ1) is 8.71. The maximum atomic E-state index is 11.3. The Balaban J connectivity index is 2.40. The molecule has 0 saturated carbocycles. The van der Waals surface area contributed by atoms with Gasteiger partial charge in [-0.1, -0.05) is 18.2 Å². The largest absolute Gasteiger partial charge is 0.337 e. The molecule has 0 atom stereocenters. The summed E-state index contributed by atoms with van der Waals surface area (Å²) in [6.45, 7) is 0.306. The molecule has 1 heterocycles. The number of hydrazine groups is 1. The van der Waals surface area contributed by atoms with E-state index in [0.29, 0.717) is 6.67 Å². The fourth-order valence-electron chi connectivity index (χ4n) is 1.39. The Kier molecular flexibility index (Phi) is 2.16. The third-order valence-electron chi connectivity index (χ3n) is 2.05. The molecule has 1 aromatic carbocycles. The maximum Gasteiger partial charge on any atom is 0.337 e. The van der Waals surface area contributed by atoms with E-state index in [-0.39, 0.29) is 6.03 Å². The Bertz CT molecular complexity index is 388. The zero-order valence-corrected chi connectivity index (χ0v) is 7.47. The van der Waals surface area contributed by atoms with Crippen molar-refractivity contribution in [3.63, 3.8) is 0 Å². The molecule has 72 valence electrons. The highest BCUT2D eigenvalue weighted by Crippen LogP contribution is 2.21. The molecule has 0 saturated heterocycles. The second-order valence-corrected chi connectivity index (χ2v) is 2.89. The number of carbonyl (C=O) groups is 1. The quantitative estimate of drug-likeness (QED) is 0.354. The van der Waals surface area contributed by atoms with Crippen LogP contribution in [0.4, 0.5) is 10.5 Å². The SMILES string of the molecule is NNC(=O)N1CN=Cc2ccccc21. The number of hydrogen-bond acceptors (Lipinski definition) is 3. The van der Waals surface area contributed by atoms with Crippen LogP contribution in [0.1, 0.15) is 5.56 Å². The summed E-state index contributed by atoms with van der Waals surface area (Å²) in [5.41, 5.74) is 3.83. The maximum absolute atomic E-state index is 11.3. The van der Waals surface area contributed by atoms with Crippen molar-refractivity contribution in [3.8, 4) is 0 Å². The molecule has 2 rings (SSSR count). The summed E-state index contributed by atoms with van der Waals surface area (Å²) < 4.78 is 0. The lowest BCUT2D eigenvalue weighted by Crippen LogP contribution is -2.44. The molecule has 1 aliphatic heterocycles. The van der Waals surface area contributed by atoms with Crippen molar-refractivity contribution in [2.24, 2.45) is 10.8 Å². The van der Waals surface area contributed by atoms with E-state index in [1.54, 1.807) is 6.21 Å². The molecule has 0 unspecified atom stereocenters. The summed E-state index contributed by atoms with van der Waals surface area (Å²) in [5, 5.41) is 0. The number of nitrogens with zero attached hydrogens (tertiary/aromatic N) is 2. The van der Waals surface area contributed by atoms with E-state index in [1.807, 2.05) is 24.3 Å². The van der Waals surface area contributed by atoms with Crippen molar-refractivity contribution >= 4 is 17.9 Å². The van der Waals surface area contributed by atoms with Gasteiger partial charge < -0.3 is 0 Å². The number of rotatable bonds is 0. The average Bonchev–Trinajstić information content (AvgIpc) is 2.27. The Labute approximate surface area is 81.2 Å². The normalized spacial score (nSPS) is 13.6. The fraction of sp³-hybridized carbons (Fsp3) is 0.111. The second kappa shape index (κ2) is 3.47. The monoisotopic (exact) mass is 190 g/mol. The molecule has 0 spiro atoms. The standard InChI is InChI=1S/C9H10N4O/c10-12-9(14)13-6-11-5-7-3-1-2-4-8(7)13/h1-5H,6,10H2,(H,12,14). The van der Waals surface area contributed by atoms with Gasteiger partial charge in [0.05, 0.1) is 5.69 Å². The summed E-state index contributed by atoms with van der Waals surface area (Å²) in [5.74, 6) is 5.07. The van der Waals surface area contributed by atoms with Gasteiger partial charge in [-0.05, 0) is 6.07 Å². The first-order chi connectivity index (χ1) is 6.83. The van der Waals surface area contributed by atoms with E-state index in [1.165, 1.54) is 4.90 Å². The zero-order valence-electron chi connectivity index (χ0n) is 7.47. The van der Waals surface area contributed by atoms with Crippen LogP contribution in [-0.2, 0) is 0 Å². The number of carbonyl (C=O) groups excluding carboxylic acids is 1. The summed E-state index contributed by atoms with van der Waals surface area (Å²) in [7, 11) is 0. The lowest BCUT2D eigenvalue weighted by Gasteiger charge is -2.24. The topological polar surface area (TPSA) is 70.7 Å². The van der Waals surface area contributed by atoms with Gasteiger partial charge in [-0.15, -0.1) is 0 Å². The van der Waals surface area contributed by atoms with Crippen molar-refractivity contribution in [2.45, 2.75) is 0 Å². The fourth-order valence-corrected chi connectivity index (χ4v) is 1.39. The van der Waals surface area contributed by atoms with E-state index in [0.717, 1.165) is 11.3 Å². The van der Waals surface area contributed by atoms with Gasteiger partial charge >= 0.3 is 6.03 Å². The third-order valence-corrected chi connectivity index (χ3v) is 2.05. The minimum Gasteiger partial charge on any atom is -0.275 e. The molecule has 14 heavy (non-hydrogen) atoms. The van der Waals surface area contributed by atoms with Crippen LogP contribution in [0, 0.1) is 0 Å². The van der Waals surface area contributed by atoms with E-state index >= 15 is 0 Å². The van der Waals surface area contributed by atoms with Crippen LogP contribution in [0.3, 0.4) is 0 Å². The molecule has 0 fully saturated rings. The van der Waals surface area contributed by atoms with E-state index in [2.05, 4.69) is 10.4 Å². The van der Waals surface area contributed by atoms with Crippen LogP contribution in [0.25, 0.3) is 0 Å². The third kappa shape index (κ3) is 1.33. The number of nitrogens with two attached hydrogens (primary N) is 1. The number of para-hydroxylation sites is 1. The summed E-state index contributed by atoms with van der Waals surface area (Å²) >= 11 is 0. The number of amides is 2. The lowest BCUT2D eigenvalue weighted by atomic mass is 10.1. The van der Waals surface area contributed by atoms with Gasteiger partial charge in [-0.25, -0.2) is 10.6 Å². The van der Waals surface area contributed by atoms with E-state index < -0.39 is 0 Å². The average molecular weight is 190 g/mol. The van der Waals surface area contributed by atoms with Gasteiger partial charge in [0.25, 0.3) is 0 Å². The minimum absolute atomic E-state index is 0.306. The highest BCUT2D eigenvalue weighted by Gasteiger charge is 2.18. The van der Waals surface area contributed by atoms with Crippen molar-refractivity contribution in [3.05, 3.63) is 29.8 Å². The second-order valence-electron chi connectivity index (χ2n) is 2.89. The highest BCUT2D eigenvalue weighted by molar-refractivity contribution is 6.00. The Morgan fingerprint density at radius 2 is 2.29 bits per heavy atom. The molecule has 5 nitrogen and oxygen atoms in total. The molecule has 0 radical (unpaired) electrons. The summed E-state index contributed by atoms with van der Waals surface area (Å²) in [6, 6.07) is 7.17. The lowest BCUT2D eigenvalue weighted by molar-refractivity contribution is 0.246. The Morgan fingerprint density at radius 3 is 3.07 bits per heavy atom. The van der Waals surface area contributed by atoms with Gasteiger partial charge in [-0.3, -0.25) is 15.3 Å². The molecule has 2 amide bonds. The number of benzene rings is 1. The molecule has 1 aromatic rings. The predicted molar refractivity (Wildman–Crippen MR) is 54.1 cm³/mol. The molecular weight excluding hydrogens is 180 g/mol. The van der Waals surface area contributed by atoms with Gasteiger partial charge in [0, 0.05) is 11.8 Å². The number of fused-ring (bicyclic) bond motifs is 1. The van der Waals surface area contributed by atoms with Crippen molar-refractivity contribution in [1.82, 2.24) is 5.43 Å². The van der Waals surface area contributed by atoms with Crippen LogP contribution in [0.2, 0.25) is 0 Å². The van der Waals surface area contributed by atoms with Crippen molar-refractivity contribution in [1.29, 1.82) is 0 Å². The van der Waals surface area contributed by atoms with E-state index in [4.69, 9.17) is 5.84 Å². The number of aliphatic imine (C=N–C) groups is 1. The molecule has 1 aliphatic rings. The van der Waals surface area contributed by atoms with Crippen LogP contribution in [0.5, 0.6) is 0 Å². The van der Waals surface area contributed by atoms with Gasteiger partial charge in [-0.2, -0.15) is 0 Å². The van der Waals surface area contributed by atoms with Crippen LogP contribution >= 0.6 is 0 Å². The van der Waals surface area contributed by atoms with Crippen LogP contribution in [-0.4, -0.2) is 18.9 Å². The van der Waals surface area contributed by atoms with Gasteiger partial charge in [0.2, 0.25) is 0 Å². The van der Waals surface area contributed by atoms with Gasteiger partial charge in [0.1, 0.15) is 6.67 Å². The zero-order chi connectivity index (χ0) is 9.97. The highest BCUT2D eigenvalue weighted by atomic mass is 16.2. The molecule has 0 aromatic heterocycles. The first-order valence-electron chi connectivity index (χ1n) is 4.20. The number of hydrogen-bond donors (Lipinski definition) is 2. The molecule has 5 heteroatoms. The molecule has 3 N–H and O–H groups in total. The Hall–Kier alpha value is -1.88. The van der Waals surface area contributed by atoms with Crippen molar-refractivity contribution in [2.75, 3.05) is 11.6 Å². The summed E-state index contributed by atoms with van der Waals surface area (Å²) in [4.78, 5) is 16.9. The van der Waals surface area contributed by atoms with Crippen LogP contribution in [0.15, 0.2) is 29.3 Å². The van der Waals surface area contributed by atoms with E-state index in [9.17, 15) is 4.79 Å². The predicted octanol–water partition coefficient (Wildman–Crippen LogP) is 0.466. The van der Waals surface area contributed by atoms with Crippen molar-refractivity contribution < 1.29 is 4.79 Å². The number of nitrogens with one attached hydrogen (secondary N) is 1. The van der Waals surface area contributed by atoms with Crippen LogP contribution < -0.4 is 16.2 Å². The molecular formula is C9H10N4O. The smallest absolute Gasteiger partial charge is 0.275 e. The first-order valence-corrected chi connectivity index (χ1v) is 4.20. The molecule has 0 bridgehead atoms.